The van der Waals surface area contributed by atoms with Crippen molar-refractivity contribution in [3.8, 4) is 5.75 Å². The minimum Gasteiger partial charge on any atom is -0.491 e. The molecule has 6 nitrogen and oxygen atoms in total. The largest absolute Gasteiger partial charge is 0.491 e. The topological polar surface area (TPSA) is 54.0 Å². The van der Waals surface area contributed by atoms with Crippen molar-refractivity contribution < 1.29 is 14.3 Å². The van der Waals surface area contributed by atoms with Gasteiger partial charge in [-0.1, -0.05) is 25.3 Å². The predicted octanol–water partition coefficient (Wildman–Crippen LogP) is 2.76. The minimum absolute atomic E-state index is 0.0527. The van der Waals surface area contributed by atoms with E-state index < -0.39 is 0 Å². The maximum atomic E-state index is 12.8. The highest BCUT2D eigenvalue weighted by Gasteiger charge is 2.23. The van der Waals surface area contributed by atoms with Gasteiger partial charge < -0.3 is 19.7 Å². The summed E-state index contributed by atoms with van der Waals surface area (Å²) in [6.07, 6.45) is 5.96. The van der Waals surface area contributed by atoms with Gasteiger partial charge in [0.2, 0.25) is 0 Å². The first-order valence-electron chi connectivity index (χ1n) is 10.4. The fraction of sp³-hybridized carbons (Fsp3) is 0.667. The first-order valence-corrected chi connectivity index (χ1v) is 10.4. The zero-order chi connectivity index (χ0) is 18.5. The molecule has 6 heteroatoms. The van der Waals surface area contributed by atoms with Crippen molar-refractivity contribution in [2.75, 3.05) is 39.5 Å². The Balaban J connectivity index is 1.40. The monoisotopic (exact) mass is 373 g/mol. The Hall–Kier alpha value is -1.79. The maximum Gasteiger partial charge on any atom is 0.318 e. The van der Waals surface area contributed by atoms with Gasteiger partial charge in [-0.2, -0.15) is 0 Å². The van der Waals surface area contributed by atoms with E-state index in [0.717, 1.165) is 57.0 Å². The second-order valence-electron chi connectivity index (χ2n) is 7.89. The van der Waals surface area contributed by atoms with Gasteiger partial charge in [0, 0.05) is 31.2 Å². The van der Waals surface area contributed by atoms with Crippen LogP contribution in [0.25, 0.3) is 0 Å². The van der Waals surface area contributed by atoms with Gasteiger partial charge in [-0.3, -0.25) is 4.90 Å². The molecule has 1 saturated carbocycles. The molecule has 1 aromatic rings. The molecule has 2 heterocycles. The molecule has 2 amide bonds. The lowest BCUT2D eigenvalue weighted by atomic mass is 9.96. The van der Waals surface area contributed by atoms with E-state index in [4.69, 9.17) is 9.47 Å². The van der Waals surface area contributed by atoms with Gasteiger partial charge in [0.05, 0.1) is 26.3 Å². The smallest absolute Gasteiger partial charge is 0.318 e. The zero-order valence-corrected chi connectivity index (χ0v) is 16.1. The van der Waals surface area contributed by atoms with Gasteiger partial charge >= 0.3 is 6.03 Å². The molecule has 2 aliphatic heterocycles. The zero-order valence-electron chi connectivity index (χ0n) is 16.1. The van der Waals surface area contributed by atoms with Crippen LogP contribution >= 0.6 is 0 Å². The molecule has 1 saturated heterocycles. The Labute approximate surface area is 161 Å². The summed E-state index contributed by atoms with van der Waals surface area (Å²) < 4.78 is 11.3. The van der Waals surface area contributed by atoms with E-state index in [9.17, 15) is 4.79 Å². The van der Waals surface area contributed by atoms with E-state index in [1.165, 1.54) is 24.8 Å². The Kier molecular flexibility index (Phi) is 6.14. The number of amides is 2. The Bertz CT molecular complexity index is 640. The van der Waals surface area contributed by atoms with Crippen LogP contribution in [0.2, 0.25) is 0 Å². The van der Waals surface area contributed by atoms with Crippen molar-refractivity contribution in [1.29, 1.82) is 0 Å². The third-order valence-corrected chi connectivity index (χ3v) is 5.83. The molecule has 0 atom stereocenters. The fourth-order valence-corrected chi connectivity index (χ4v) is 4.25. The second kappa shape index (κ2) is 8.93. The SMILES string of the molecule is O=C(NC1CCCCC1)N1CCOc2ccc(CN3CCOCC3)cc2C1. The van der Waals surface area contributed by atoms with Crippen molar-refractivity contribution in [2.45, 2.75) is 51.2 Å². The number of fused-ring (bicyclic) bond motifs is 1. The molecule has 0 unspecified atom stereocenters. The number of morpholine rings is 1. The summed E-state index contributed by atoms with van der Waals surface area (Å²) in [6.45, 7) is 6.29. The third-order valence-electron chi connectivity index (χ3n) is 5.83. The molecular weight excluding hydrogens is 342 g/mol. The van der Waals surface area contributed by atoms with E-state index in [-0.39, 0.29) is 6.03 Å². The van der Waals surface area contributed by atoms with Crippen LogP contribution in [-0.2, 0) is 17.8 Å². The Morgan fingerprint density at radius 1 is 1.07 bits per heavy atom. The second-order valence-corrected chi connectivity index (χ2v) is 7.89. The summed E-state index contributed by atoms with van der Waals surface area (Å²) in [5.74, 6) is 0.911. The number of hydrogen-bond acceptors (Lipinski definition) is 4. The van der Waals surface area contributed by atoms with Gasteiger partial charge in [-0.15, -0.1) is 0 Å². The van der Waals surface area contributed by atoms with Crippen LogP contribution in [0.5, 0.6) is 5.75 Å². The van der Waals surface area contributed by atoms with Crippen molar-refractivity contribution in [3.63, 3.8) is 0 Å². The van der Waals surface area contributed by atoms with Crippen LogP contribution in [-0.4, -0.2) is 61.3 Å². The summed E-state index contributed by atoms with van der Waals surface area (Å²) in [4.78, 5) is 17.1. The standard InChI is InChI=1S/C21H31N3O3/c25-21(22-19-4-2-1-3-5-19)24-10-13-27-20-7-6-17(14-18(20)16-24)15-23-8-11-26-12-9-23/h6-7,14,19H,1-5,8-13,15-16H2,(H,22,25). The minimum atomic E-state index is 0.0527. The average Bonchev–Trinajstić information content (AvgIpc) is 2.92. The molecule has 1 aliphatic carbocycles. The summed E-state index contributed by atoms with van der Waals surface area (Å²) >= 11 is 0. The van der Waals surface area contributed by atoms with Gasteiger partial charge in [0.25, 0.3) is 0 Å². The highest BCUT2D eigenvalue weighted by atomic mass is 16.5. The Morgan fingerprint density at radius 2 is 1.89 bits per heavy atom. The van der Waals surface area contributed by atoms with E-state index >= 15 is 0 Å². The lowest BCUT2D eigenvalue weighted by Crippen LogP contribution is -2.45. The van der Waals surface area contributed by atoms with E-state index in [0.29, 0.717) is 25.7 Å². The van der Waals surface area contributed by atoms with Crippen LogP contribution in [0.15, 0.2) is 18.2 Å². The number of nitrogens with one attached hydrogen (secondary N) is 1. The normalized spacial score (nSPS) is 21.9. The number of benzene rings is 1. The fourth-order valence-electron chi connectivity index (χ4n) is 4.25. The van der Waals surface area contributed by atoms with Crippen LogP contribution in [0.3, 0.4) is 0 Å². The van der Waals surface area contributed by atoms with Crippen LogP contribution in [0, 0.1) is 0 Å². The molecular formula is C21H31N3O3. The van der Waals surface area contributed by atoms with Crippen molar-refractivity contribution >= 4 is 6.03 Å². The van der Waals surface area contributed by atoms with Gasteiger partial charge in [0.15, 0.2) is 0 Å². The van der Waals surface area contributed by atoms with Crippen LogP contribution in [0.4, 0.5) is 4.79 Å². The van der Waals surface area contributed by atoms with E-state index in [1.54, 1.807) is 0 Å². The first-order chi connectivity index (χ1) is 13.3. The van der Waals surface area contributed by atoms with E-state index in [2.05, 4.69) is 28.4 Å². The molecule has 3 aliphatic rings. The van der Waals surface area contributed by atoms with Crippen molar-refractivity contribution in [1.82, 2.24) is 15.1 Å². The third kappa shape index (κ3) is 4.93. The molecule has 148 valence electrons. The van der Waals surface area contributed by atoms with Crippen LogP contribution < -0.4 is 10.1 Å². The highest BCUT2D eigenvalue weighted by molar-refractivity contribution is 5.74. The number of hydrogen-bond donors (Lipinski definition) is 1. The number of carbonyl (C=O) groups excluding carboxylic acids is 1. The maximum absolute atomic E-state index is 12.8. The highest BCUT2D eigenvalue weighted by Crippen LogP contribution is 2.26. The molecule has 27 heavy (non-hydrogen) atoms. The summed E-state index contributed by atoms with van der Waals surface area (Å²) in [5.41, 5.74) is 2.38. The van der Waals surface area contributed by atoms with Crippen molar-refractivity contribution in [3.05, 3.63) is 29.3 Å². The molecule has 1 aromatic carbocycles. The van der Waals surface area contributed by atoms with E-state index in [1.807, 2.05) is 4.90 Å². The lowest BCUT2D eigenvalue weighted by Gasteiger charge is -2.28. The lowest BCUT2D eigenvalue weighted by molar-refractivity contribution is 0.0342. The number of urea groups is 1. The van der Waals surface area contributed by atoms with Gasteiger partial charge in [0.1, 0.15) is 12.4 Å². The molecule has 2 fully saturated rings. The summed E-state index contributed by atoms with van der Waals surface area (Å²) in [5, 5.41) is 3.24. The van der Waals surface area contributed by atoms with Crippen LogP contribution in [0.1, 0.15) is 43.2 Å². The molecule has 0 bridgehead atoms. The average molecular weight is 373 g/mol. The van der Waals surface area contributed by atoms with Gasteiger partial charge in [-0.05, 0) is 30.5 Å². The molecule has 0 radical (unpaired) electrons. The van der Waals surface area contributed by atoms with Gasteiger partial charge in [-0.25, -0.2) is 4.79 Å². The number of carbonyl (C=O) groups is 1. The first kappa shape index (κ1) is 18.6. The number of rotatable bonds is 3. The number of nitrogens with zero attached hydrogens (tertiary/aromatic N) is 2. The molecule has 0 spiro atoms. The number of ether oxygens (including phenoxy) is 2. The predicted molar refractivity (Wildman–Crippen MR) is 104 cm³/mol. The summed E-state index contributed by atoms with van der Waals surface area (Å²) in [7, 11) is 0. The summed E-state index contributed by atoms with van der Waals surface area (Å²) in [6, 6.07) is 6.80. The molecule has 1 N–H and O–H groups in total. The molecule has 0 aromatic heterocycles. The van der Waals surface area contributed by atoms with Crippen molar-refractivity contribution in [2.24, 2.45) is 0 Å². The quantitative estimate of drug-likeness (QED) is 0.885. The Morgan fingerprint density at radius 3 is 2.70 bits per heavy atom. The molecule has 4 rings (SSSR count).